The minimum absolute atomic E-state index is 0.00858. The number of halogens is 1. The van der Waals surface area contributed by atoms with Gasteiger partial charge < -0.3 is 9.72 Å². The molecule has 0 aliphatic rings. The van der Waals surface area contributed by atoms with Crippen LogP contribution >= 0.6 is 0 Å². The first-order valence-corrected chi connectivity index (χ1v) is 12.8. The van der Waals surface area contributed by atoms with Crippen LogP contribution in [0.3, 0.4) is 0 Å². The lowest BCUT2D eigenvalue weighted by Crippen LogP contribution is -2.45. The number of ether oxygens (including phenoxy) is 1. The first kappa shape index (κ1) is 25.3. The van der Waals surface area contributed by atoms with Gasteiger partial charge in [0.1, 0.15) is 11.9 Å². The monoisotopic (exact) mass is 508 g/mol. The maximum Gasteiger partial charge on any atom is 0.325 e. The highest BCUT2D eigenvalue weighted by Crippen LogP contribution is 2.21. The summed E-state index contributed by atoms with van der Waals surface area (Å²) in [7, 11) is -4.08. The van der Waals surface area contributed by atoms with Gasteiger partial charge in [0.05, 0.1) is 4.90 Å². The van der Waals surface area contributed by atoms with E-state index in [1.165, 1.54) is 31.2 Å². The summed E-state index contributed by atoms with van der Waals surface area (Å²) in [6, 6.07) is 17.3. The summed E-state index contributed by atoms with van der Waals surface area (Å²) < 4.78 is 47.3. The number of H-pyrrole nitrogens is 1. The van der Waals surface area contributed by atoms with Crippen LogP contribution in [0.1, 0.15) is 28.4 Å². The zero-order valence-electron chi connectivity index (χ0n) is 19.7. The molecule has 0 aliphatic carbocycles. The summed E-state index contributed by atoms with van der Waals surface area (Å²) in [5.41, 5.74) is 2.45. The number of sulfonamides is 1. The number of ketones is 1. The van der Waals surface area contributed by atoms with E-state index in [2.05, 4.69) is 9.71 Å². The first-order chi connectivity index (χ1) is 17.1. The van der Waals surface area contributed by atoms with Gasteiger partial charge >= 0.3 is 5.97 Å². The fourth-order valence-corrected chi connectivity index (χ4v) is 5.18. The number of aromatic nitrogens is 1. The molecule has 4 aromatic rings. The smallest absolute Gasteiger partial charge is 0.325 e. The van der Waals surface area contributed by atoms with E-state index in [9.17, 15) is 22.4 Å². The number of Topliss-reactive ketones (excluding diaryl/α,β-unsaturated/α-hetero) is 1. The van der Waals surface area contributed by atoms with Crippen LogP contribution in [0.25, 0.3) is 10.9 Å². The van der Waals surface area contributed by atoms with Crippen molar-refractivity contribution >= 4 is 32.7 Å². The molecule has 186 valence electrons. The minimum atomic E-state index is -4.08. The fourth-order valence-electron chi connectivity index (χ4n) is 3.89. The zero-order valence-corrected chi connectivity index (χ0v) is 20.5. The maximum atomic E-state index is 13.2. The molecule has 7 nitrogen and oxygen atoms in total. The van der Waals surface area contributed by atoms with E-state index in [4.69, 9.17) is 4.74 Å². The van der Waals surface area contributed by atoms with Gasteiger partial charge in [-0.1, -0.05) is 30.3 Å². The Bertz CT molecular complexity index is 1510. The summed E-state index contributed by atoms with van der Waals surface area (Å²) in [6.45, 7) is 3.15. The molecule has 9 heteroatoms. The third-order valence-electron chi connectivity index (χ3n) is 5.77. The number of esters is 1. The summed E-state index contributed by atoms with van der Waals surface area (Å²) in [5.74, 6) is -1.93. The van der Waals surface area contributed by atoms with Crippen molar-refractivity contribution in [1.82, 2.24) is 9.71 Å². The molecule has 0 amide bonds. The topological polar surface area (TPSA) is 105 Å². The normalized spacial score (nSPS) is 13.3. The molecular formula is C27H25FN2O5S. The number of carbonyl (C=O) groups is 2. The fraction of sp³-hybridized carbons (Fsp3) is 0.185. The number of aryl methyl sites for hydroxylation is 1. The second-order valence-electron chi connectivity index (χ2n) is 8.50. The van der Waals surface area contributed by atoms with Crippen molar-refractivity contribution in [2.75, 3.05) is 0 Å². The van der Waals surface area contributed by atoms with E-state index in [1.54, 1.807) is 25.3 Å². The van der Waals surface area contributed by atoms with Crippen molar-refractivity contribution in [2.24, 2.45) is 0 Å². The third kappa shape index (κ3) is 5.69. The van der Waals surface area contributed by atoms with Crippen molar-refractivity contribution in [3.05, 3.63) is 102 Å². The Balaban J connectivity index is 1.60. The molecule has 36 heavy (non-hydrogen) atoms. The Kier molecular flexibility index (Phi) is 7.32. The second kappa shape index (κ2) is 10.4. The molecule has 1 heterocycles. The van der Waals surface area contributed by atoms with Gasteiger partial charge in [0.15, 0.2) is 6.10 Å². The molecule has 0 aliphatic heterocycles. The van der Waals surface area contributed by atoms with Crippen LogP contribution < -0.4 is 4.72 Å². The Hall–Kier alpha value is -3.82. The Labute approximate surface area is 208 Å². The van der Waals surface area contributed by atoms with Crippen LogP contribution in [0.4, 0.5) is 4.39 Å². The number of hydrogen-bond donors (Lipinski definition) is 2. The van der Waals surface area contributed by atoms with Gasteiger partial charge in [-0.3, -0.25) is 9.59 Å². The van der Waals surface area contributed by atoms with E-state index >= 15 is 0 Å². The van der Waals surface area contributed by atoms with E-state index in [1.807, 2.05) is 24.3 Å². The highest BCUT2D eigenvalue weighted by atomic mass is 32.2. The van der Waals surface area contributed by atoms with Gasteiger partial charge in [-0.05, 0) is 67.4 Å². The summed E-state index contributed by atoms with van der Waals surface area (Å²) in [4.78, 5) is 29.0. The number of rotatable bonds is 9. The van der Waals surface area contributed by atoms with Gasteiger partial charge in [-0.25, -0.2) is 12.8 Å². The lowest BCUT2D eigenvalue weighted by atomic mass is 10.1. The Morgan fingerprint density at radius 3 is 2.47 bits per heavy atom. The molecule has 0 fully saturated rings. The van der Waals surface area contributed by atoms with Crippen LogP contribution in [0, 0.1) is 12.7 Å². The summed E-state index contributed by atoms with van der Waals surface area (Å²) in [6.07, 6.45) is 0.488. The molecule has 0 radical (unpaired) electrons. The molecule has 2 N–H and O–H groups in total. The number of fused-ring (bicyclic) bond motifs is 1. The van der Waals surface area contributed by atoms with Crippen molar-refractivity contribution in [3.63, 3.8) is 0 Å². The number of benzene rings is 3. The van der Waals surface area contributed by atoms with E-state index in [0.717, 1.165) is 28.6 Å². The molecule has 2 unspecified atom stereocenters. The van der Waals surface area contributed by atoms with Crippen molar-refractivity contribution in [1.29, 1.82) is 0 Å². The van der Waals surface area contributed by atoms with Gasteiger partial charge in [-0.15, -0.1) is 0 Å². The highest BCUT2D eigenvalue weighted by Gasteiger charge is 2.31. The number of para-hydroxylation sites is 1. The number of hydrogen-bond acceptors (Lipinski definition) is 5. The van der Waals surface area contributed by atoms with Crippen LogP contribution in [-0.4, -0.2) is 37.3 Å². The van der Waals surface area contributed by atoms with Gasteiger partial charge in [0.25, 0.3) is 0 Å². The zero-order chi connectivity index (χ0) is 25.9. The van der Waals surface area contributed by atoms with Crippen molar-refractivity contribution in [3.8, 4) is 0 Å². The molecule has 0 saturated carbocycles. The summed E-state index contributed by atoms with van der Waals surface area (Å²) in [5, 5.41) is 0.834. The predicted octanol–water partition coefficient (Wildman–Crippen LogP) is 4.32. The second-order valence-corrected chi connectivity index (χ2v) is 10.2. The first-order valence-electron chi connectivity index (χ1n) is 11.3. The van der Waals surface area contributed by atoms with E-state index in [-0.39, 0.29) is 16.9 Å². The van der Waals surface area contributed by atoms with Gasteiger partial charge in [0.2, 0.25) is 15.8 Å². The van der Waals surface area contributed by atoms with E-state index < -0.39 is 39.7 Å². The standard InChI is InChI=1S/C27H25FN2O5S/c1-17-6-5-7-22(14-17)36(33,34)30-25(15-20-16-29-24-9-4-3-8-23(20)24)27(32)35-18(2)26(31)19-10-12-21(28)13-11-19/h3-14,16,18,25,29-30H,15H2,1-2H3. The van der Waals surface area contributed by atoms with Crippen LogP contribution in [-0.2, 0) is 26.0 Å². The average molecular weight is 509 g/mol. The molecule has 3 aromatic carbocycles. The lowest BCUT2D eigenvalue weighted by molar-refractivity contribution is -0.148. The molecule has 1 aromatic heterocycles. The number of nitrogens with one attached hydrogen (secondary N) is 2. The number of aromatic amines is 1. The van der Waals surface area contributed by atoms with E-state index in [0.29, 0.717) is 5.56 Å². The molecule has 0 saturated heterocycles. The Morgan fingerprint density at radius 1 is 1.03 bits per heavy atom. The van der Waals surface area contributed by atoms with Crippen molar-refractivity contribution in [2.45, 2.75) is 37.3 Å². The quantitative estimate of drug-likeness (QED) is 0.259. The molecular weight excluding hydrogens is 483 g/mol. The minimum Gasteiger partial charge on any atom is -0.453 e. The molecule has 0 spiro atoms. The largest absolute Gasteiger partial charge is 0.453 e. The lowest BCUT2D eigenvalue weighted by Gasteiger charge is -2.20. The van der Waals surface area contributed by atoms with Crippen LogP contribution in [0.2, 0.25) is 0 Å². The average Bonchev–Trinajstić information content (AvgIpc) is 3.26. The summed E-state index contributed by atoms with van der Waals surface area (Å²) >= 11 is 0. The van der Waals surface area contributed by atoms with Crippen LogP contribution in [0.15, 0.2) is 83.9 Å². The SMILES string of the molecule is Cc1cccc(S(=O)(=O)NC(Cc2c[nH]c3ccccc23)C(=O)OC(C)C(=O)c2ccc(F)cc2)c1. The number of carbonyl (C=O) groups excluding carboxylic acids is 2. The third-order valence-corrected chi connectivity index (χ3v) is 7.24. The highest BCUT2D eigenvalue weighted by molar-refractivity contribution is 7.89. The van der Waals surface area contributed by atoms with Gasteiger partial charge in [-0.2, -0.15) is 4.72 Å². The predicted molar refractivity (Wildman–Crippen MR) is 134 cm³/mol. The van der Waals surface area contributed by atoms with Crippen molar-refractivity contribution < 1.29 is 27.1 Å². The molecule has 4 rings (SSSR count). The van der Waals surface area contributed by atoms with Crippen LogP contribution in [0.5, 0.6) is 0 Å². The molecule has 0 bridgehead atoms. The van der Waals surface area contributed by atoms with Gasteiger partial charge in [0, 0.05) is 29.1 Å². The Morgan fingerprint density at radius 2 is 1.75 bits per heavy atom. The molecule has 2 atom stereocenters. The maximum absolute atomic E-state index is 13.2.